The molecule has 1 amide bonds. The SMILES string of the molecule is CN(C)[C@H](Cc1ccccc1)C(=O)N[C@H]1CC=CCC1. The Hall–Kier alpha value is -1.61. The summed E-state index contributed by atoms with van der Waals surface area (Å²) in [5.41, 5.74) is 1.20. The lowest BCUT2D eigenvalue weighted by atomic mass is 10.00. The number of nitrogens with one attached hydrogen (secondary N) is 1. The molecule has 1 aromatic rings. The fourth-order valence-electron chi connectivity index (χ4n) is 2.57. The average molecular weight is 272 g/mol. The van der Waals surface area contributed by atoms with Crippen LogP contribution in [0.4, 0.5) is 0 Å². The molecule has 0 fully saturated rings. The lowest BCUT2D eigenvalue weighted by molar-refractivity contribution is -0.126. The average Bonchev–Trinajstić information content (AvgIpc) is 2.46. The molecule has 0 spiro atoms. The monoisotopic (exact) mass is 272 g/mol. The van der Waals surface area contributed by atoms with Crippen LogP contribution in [0, 0.1) is 0 Å². The Morgan fingerprint density at radius 1 is 1.30 bits per heavy atom. The normalized spacial score (nSPS) is 19.9. The van der Waals surface area contributed by atoms with Gasteiger partial charge < -0.3 is 5.32 Å². The predicted molar refractivity (Wildman–Crippen MR) is 82.5 cm³/mol. The Morgan fingerprint density at radius 3 is 2.65 bits per heavy atom. The van der Waals surface area contributed by atoms with Crippen molar-refractivity contribution in [2.45, 2.75) is 37.8 Å². The Labute approximate surface area is 121 Å². The predicted octanol–water partition coefficient (Wildman–Crippen LogP) is 2.38. The number of nitrogens with zero attached hydrogens (tertiary/aromatic N) is 1. The summed E-state index contributed by atoms with van der Waals surface area (Å²) in [6.45, 7) is 0. The van der Waals surface area contributed by atoms with E-state index in [-0.39, 0.29) is 11.9 Å². The zero-order chi connectivity index (χ0) is 14.4. The summed E-state index contributed by atoms with van der Waals surface area (Å²) in [5, 5.41) is 3.19. The number of carbonyl (C=O) groups excluding carboxylic acids is 1. The van der Waals surface area contributed by atoms with Crippen molar-refractivity contribution in [1.82, 2.24) is 10.2 Å². The van der Waals surface area contributed by atoms with Crippen molar-refractivity contribution in [3.8, 4) is 0 Å². The van der Waals surface area contributed by atoms with Crippen molar-refractivity contribution >= 4 is 5.91 Å². The number of amides is 1. The zero-order valence-corrected chi connectivity index (χ0v) is 12.4. The van der Waals surface area contributed by atoms with Crippen molar-refractivity contribution in [3.63, 3.8) is 0 Å². The first-order chi connectivity index (χ1) is 9.66. The molecular weight excluding hydrogens is 248 g/mol. The largest absolute Gasteiger partial charge is 0.352 e. The van der Waals surface area contributed by atoms with Gasteiger partial charge in [-0.3, -0.25) is 9.69 Å². The van der Waals surface area contributed by atoms with Crippen molar-refractivity contribution in [3.05, 3.63) is 48.0 Å². The van der Waals surface area contributed by atoms with E-state index in [2.05, 4.69) is 29.6 Å². The number of allylic oxidation sites excluding steroid dienone is 1. The standard InChI is InChI=1S/C17H24N2O/c1-19(2)16(13-14-9-5-3-6-10-14)17(20)18-15-11-7-4-8-12-15/h3-7,9-10,15-16H,8,11-13H2,1-2H3,(H,18,20)/t15-,16+/m0/s1. The van der Waals surface area contributed by atoms with Crippen LogP contribution >= 0.6 is 0 Å². The van der Waals surface area contributed by atoms with Gasteiger partial charge in [0, 0.05) is 6.04 Å². The van der Waals surface area contributed by atoms with Gasteiger partial charge in [0.15, 0.2) is 0 Å². The van der Waals surface area contributed by atoms with Crippen LogP contribution in [-0.2, 0) is 11.2 Å². The molecule has 0 radical (unpaired) electrons. The Bertz CT molecular complexity index is 453. The van der Waals surface area contributed by atoms with Gasteiger partial charge in [0.1, 0.15) is 0 Å². The molecule has 3 heteroatoms. The second-order valence-corrected chi connectivity index (χ2v) is 5.66. The molecule has 0 aromatic heterocycles. The lowest BCUT2D eigenvalue weighted by Crippen LogP contribution is -2.48. The third-order valence-corrected chi connectivity index (χ3v) is 3.81. The first kappa shape index (κ1) is 14.8. The number of carbonyl (C=O) groups is 1. The first-order valence-electron chi connectivity index (χ1n) is 7.32. The molecule has 1 aromatic carbocycles. The van der Waals surface area contributed by atoms with Crippen molar-refractivity contribution in [2.24, 2.45) is 0 Å². The quantitative estimate of drug-likeness (QED) is 0.835. The topological polar surface area (TPSA) is 32.3 Å². The van der Waals surface area contributed by atoms with Crippen LogP contribution in [0.1, 0.15) is 24.8 Å². The van der Waals surface area contributed by atoms with Gasteiger partial charge in [-0.2, -0.15) is 0 Å². The third kappa shape index (κ3) is 4.20. The number of rotatable bonds is 5. The van der Waals surface area contributed by atoms with Gasteiger partial charge in [-0.25, -0.2) is 0 Å². The molecular formula is C17H24N2O. The minimum Gasteiger partial charge on any atom is -0.352 e. The lowest BCUT2D eigenvalue weighted by Gasteiger charge is -2.27. The van der Waals surface area contributed by atoms with Gasteiger partial charge in [-0.05, 0) is 45.3 Å². The molecule has 2 rings (SSSR count). The van der Waals surface area contributed by atoms with E-state index in [0.717, 1.165) is 25.7 Å². The van der Waals surface area contributed by atoms with Crippen LogP contribution in [0.5, 0.6) is 0 Å². The molecule has 0 saturated carbocycles. The maximum absolute atomic E-state index is 12.5. The molecule has 0 bridgehead atoms. The molecule has 1 aliphatic rings. The molecule has 0 aliphatic heterocycles. The van der Waals surface area contributed by atoms with Crippen LogP contribution in [-0.4, -0.2) is 37.0 Å². The minimum absolute atomic E-state index is 0.108. The van der Waals surface area contributed by atoms with E-state index < -0.39 is 0 Å². The second kappa shape index (κ2) is 7.25. The smallest absolute Gasteiger partial charge is 0.237 e. The number of likely N-dealkylation sites (N-methyl/N-ethyl adjacent to an activating group) is 1. The Morgan fingerprint density at radius 2 is 2.05 bits per heavy atom. The maximum atomic E-state index is 12.5. The summed E-state index contributed by atoms with van der Waals surface area (Å²) in [5.74, 6) is 0.138. The molecule has 3 nitrogen and oxygen atoms in total. The maximum Gasteiger partial charge on any atom is 0.237 e. The van der Waals surface area contributed by atoms with E-state index in [1.54, 1.807) is 0 Å². The van der Waals surface area contributed by atoms with Crippen molar-refractivity contribution < 1.29 is 4.79 Å². The fraction of sp³-hybridized carbons (Fsp3) is 0.471. The summed E-state index contributed by atoms with van der Waals surface area (Å²) in [6, 6.07) is 10.4. The van der Waals surface area contributed by atoms with E-state index in [0.29, 0.717) is 6.04 Å². The highest BCUT2D eigenvalue weighted by Crippen LogP contribution is 2.12. The first-order valence-corrected chi connectivity index (χ1v) is 7.32. The van der Waals surface area contributed by atoms with Gasteiger partial charge in [-0.1, -0.05) is 42.5 Å². The van der Waals surface area contributed by atoms with E-state index in [1.165, 1.54) is 5.56 Å². The number of benzene rings is 1. The van der Waals surface area contributed by atoms with E-state index in [1.807, 2.05) is 37.2 Å². The molecule has 0 unspecified atom stereocenters. The van der Waals surface area contributed by atoms with Crippen molar-refractivity contribution in [2.75, 3.05) is 14.1 Å². The molecule has 20 heavy (non-hydrogen) atoms. The van der Waals surface area contributed by atoms with Crippen LogP contribution in [0.15, 0.2) is 42.5 Å². The highest BCUT2D eigenvalue weighted by Gasteiger charge is 2.23. The van der Waals surface area contributed by atoms with Gasteiger partial charge in [0.2, 0.25) is 5.91 Å². The third-order valence-electron chi connectivity index (χ3n) is 3.81. The summed E-state index contributed by atoms with van der Waals surface area (Å²) in [4.78, 5) is 14.5. The van der Waals surface area contributed by atoms with E-state index in [9.17, 15) is 4.79 Å². The Kier molecular flexibility index (Phi) is 5.36. The number of hydrogen-bond acceptors (Lipinski definition) is 2. The Balaban J connectivity index is 1.97. The van der Waals surface area contributed by atoms with Crippen LogP contribution < -0.4 is 5.32 Å². The summed E-state index contributed by atoms with van der Waals surface area (Å²) in [7, 11) is 3.93. The van der Waals surface area contributed by atoms with E-state index in [4.69, 9.17) is 0 Å². The summed E-state index contributed by atoms with van der Waals surface area (Å²) in [6.07, 6.45) is 8.18. The minimum atomic E-state index is -0.108. The van der Waals surface area contributed by atoms with Gasteiger partial charge in [-0.15, -0.1) is 0 Å². The molecule has 108 valence electrons. The van der Waals surface area contributed by atoms with Crippen LogP contribution in [0.3, 0.4) is 0 Å². The molecule has 1 N–H and O–H groups in total. The van der Waals surface area contributed by atoms with Crippen molar-refractivity contribution in [1.29, 1.82) is 0 Å². The summed E-state index contributed by atoms with van der Waals surface area (Å²) >= 11 is 0. The van der Waals surface area contributed by atoms with Gasteiger partial charge in [0.05, 0.1) is 6.04 Å². The van der Waals surface area contributed by atoms with E-state index >= 15 is 0 Å². The highest BCUT2D eigenvalue weighted by atomic mass is 16.2. The molecule has 0 saturated heterocycles. The number of hydrogen-bond donors (Lipinski definition) is 1. The molecule has 2 atom stereocenters. The van der Waals surface area contributed by atoms with Crippen LogP contribution in [0.2, 0.25) is 0 Å². The molecule has 0 heterocycles. The second-order valence-electron chi connectivity index (χ2n) is 5.66. The van der Waals surface area contributed by atoms with Gasteiger partial charge in [0.25, 0.3) is 0 Å². The fourth-order valence-corrected chi connectivity index (χ4v) is 2.57. The summed E-state index contributed by atoms with van der Waals surface area (Å²) < 4.78 is 0. The van der Waals surface area contributed by atoms with Crippen LogP contribution in [0.25, 0.3) is 0 Å². The highest BCUT2D eigenvalue weighted by molar-refractivity contribution is 5.82. The van der Waals surface area contributed by atoms with Gasteiger partial charge >= 0.3 is 0 Å². The molecule has 1 aliphatic carbocycles. The zero-order valence-electron chi connectivity index (χ0n) is 12.4.